The fraction of sp³-hybridized carbons (Fsp3) is 0.125. The lowest BCUT2D eigenvalue weighted by atomic mass is 10.3. The average Bonchev–Trinajstić information content (AvgIpc) is 2.49. The van der Waals surface area contributed by atoms with Crippen LogP contribution in [0.3, 0.4) is 0 Å². The Bertz CT molecular complexity index is 408. The van der Waals surface area contributed by atoms with Gasteiger partial charge in [0, 0.05) is 0 Å². The number of anilines is 1. The number of benzene rings is 1. The Morgan fingerprint density at radius 1 is 1.50 bits per heavy atom. The molecule has 2 nitrogen and oxygen atoms in total. The second-order valence-electron chi connectivity index (χ2n) is 2.38. The second kappa shape index (κ2) is 2.95. The van der Waals surface area contributed by atoms with Crippen LogP contribution < -0.4 is 5.73 Å². The van der Waals surface area contributed by atoms with Gasteiger partial charge in [0.05, 0.1) is 10.4 Å². The van der Waals surface area contributed by atoms with E-state index in [0.717, 1.165) is 15.5 Å². The molecule has 0 aliphatic rings. The molecule has 0 bridgehead atoms. The molecule has 1 aromatic heterocycles. The van der Waals surface area contributed by atoms with Gasteiger partial charge in [-0.3, -0.25) is 0 Å². The van der Waals surface area contributed by atoms with Crippen molar-refractivity contribution in [2.24, 2.45) is 0 Å². The summed E-state index contributed by atoms with van der Waals surface area (Å²) in [5, 5.41) is 0. The van der Waals surface area contributed by atoms with Crippen molar-refractivity contribution < 1.29 is 0 Å². The van der Waals surface area contributed by atoms with E-state index in [9.17, 15) is 0 Å². The first-order valence-corrected chi connectivity index (χ1v) is 5.54. The van der Waals surface area contributed by atoms with Gasteiger partial charge >= 0.3 is 0 Å². The van der Waals surface area contributed by atoms with E-state index in [0.29, 0.717) is 0 Å². The quantitative estimate of drug-likeness (QED) is 0.563. The molecule has 0 spiro atoms. The molecule has 0 fully saturated rings. The lowest BCUT2D eigenvalue weighted by molar-refractivity contribution is 1.31. The number of fused-ring (bicyclic) bond motifs is 1. The smallest absolute Gasteiger partial charge is 0.150 e. The van der Waals surface area contributed by atoms with E-state index >= 15 is 0 Å². The number of aromatic nitrogens is 1. The normalized spacial score (nSPS) is 10.8. The summed E-state index contributed by atoms with van der Waals surface area (Å²) < 4.78 is 2.24. The summed E-state index contributed by atoms with van der Waals surface area (Å²) in [5.41, 5.74) is 7.46. The van der Waals surface area contributed by atoms with Crippen LogP contribution in [0.15, 0.2) is 22.5 Å². The standard InChI is InChI=1S/C8H8N2S2/c1-11-8-10-7-5(9)3-2-4-6(7)12-8/h2-4H,9H2,1H3. The van der Waals surface area contributed by atoms with Crippen molar-refractivity contribution in [1.82, 2.24) is 4.98 Å². The Morgan fingerprint density at radius 3 is 3.00 bits per heavy atom. The van der Waals surface area contributed by atoms with Gasteiger partial charge in [-0.05, 0) is 18.4 Å². The van der Waals surface area contributed by atoms with Crippen molar-refractivity contribution in [2.75, 3.05) is 12.0 Å². The zero-order chi connectivity index (χ0) is 8.55. The lowest BCUT2D eigenvalue weighted by Gasteiger charge is -1.90. The van der Waals surface area contributed by atoms with Crippen molar-refractivity contribution in [3.63, 3.8) is 0 Å². The molecule has 0 radical (unpaired) electrons. The van der Waals surface area contributed by atoms with Gasteiger partial charge in [-0.1, -0.05) is 17.8 Å². The third-order valence-electron chi connectivity index (χ3n) is 1.61. The van der Waals surface area contributed by atoms with Crippen LogP contribution in [0.25, 0.3) is 10.2 Å². The van der Waals surface area contributed by atoms with E-state index < -0.39 is 0 Å². The Hall–Kier alpha value is -0.740. The summed E-state index contributed by atoms with van der Waals surface area (Å²) in [6.07, 6.45) is 2.02. The van der Waals surface area contributed by atoms with Crippen molar-refractivity contribution in [3.05, 3.63) is 18.2 Å². The Morgan fingerprint density at radius 2 is 2.33 bits per heavy atom. The molecule has 1 heterocycles. The average molecular weight is 196 g/mol. The third kappa shape index (κ3) is 1.17. The molecule has 2 N–H and O–H groups in total. The molecule has 0 unspecified atom stereocenters. The van der Waals surface area contributed by atoms with E-state index in [2.05, 4.69) is 4.98 Å². The molecule has 12 heavy (non-hydrogen) atoms. The SMILES string of the molecule is CSc1nc2c(N)cccc2s1. The van der Waals surface area contributed by atoms with E-state index in [1.165, 1.54) is 4.70 Å². The van der Waals surface area contributed by atoms with Crippen LogP contribution in [0.2, 0.25) is 0 Å². The molecule has 0 saturated heterocycles. The van der Waals surface area contributed by atoms with E-state index in [1.54, 1.807) is 23.1 Å². The third-order valence-corrected chi connectivity index (χ3v) is 3.61. The van der Waals surface area contributed by atoms with Gasteiger partial charge in [0.1, 0.15) is 5.52 Å². The van der Waals surface area contributed by atoms with Gasteiger partial charge in [-0.25, -0.2) is 4.98 Å². The molecule has 0 saturated carbocycles. The van der Waals surface area contributed by atoms with Gasteiger partial charge in [0.25, 0.3) is 0 Å². The first kappa shape index (κ1) is 7.89. The molecule has 0 atom stereocenters. The van der Waals surface area contributed by atoms with Crippen LogP contribution in [0, 0.1) is 0 Å². The lowest BCUT2D eigenvalue weighted by Crippen LogP contribution is -1.84. The first-order valence-electron chi connectivity index (χ1n) is 3.50. The predicted molar refractivity (Wildman–Crippen MR) is 55.8 cm³/mol. The van der Waals surface area contributed by atoms with Crippen molar-refractivity contribution in [2.45, 2.75) is 4.34 Å². The predicted octanol–water partition coefficient (Wildman–Crippen LogP) is 2.60. The highest BCUT2D eigenvalue weighted by molar-refractivity contribution is 8.00. The molecule has 0 aliphatic carbocycles. The highest BCUT2D eigenvalue weighted by Gasteiger charge is 2.03. The maximum Gasteiger partial charge on any atom is 0.150 e. The summed E-state index contributed by atoms with van der Waals surface area (Å²) in [5.74, 6) is 0. The zero-order valence-electron chi connectivity index (χ0n) is 6.57. The number of hydrogen-bond donors (Lipinski definition) is 1. The number of nitrogen functional groups attached to an aromatic ring is 1. The maximum absolute atomic E-state index is 5.76. The van der Waals surface area contributed by atoms with Crippen LogP contribution in [0.5, 0.6) is 0 Å². The van der Waals surface area contributed by atoms with Crippen LogP contribution in [0.4, 0.5) is 5.69 Å². The van der Waals surface area contributed by atoms with Crippen LogP contribution >= 0.6 is 23.1 Å². The summed E-state index contributed by atoms with van der Waals surface area (Å²) in [6, 6.07) is 5.88. The summed E-state index contributed by atoms with van der Waals surface area (Å²) in [4.78, 5) is 4.39. The topological polar surface area (TPSA) is 38.9 Å². The first-order chi connectivity index (χ1) is 5.81. The largest absolute Gasteiger partial charge is 0.397 e. The monoisotopic (exact) mass is 196 g/mol. The molecule has 62 valence electrons. The number of hydrogen-bond acceptors (Lipinski definition) is 4. The molecule has 1 aromatic carbocycles. The minimum absolute atomic E-state index is 0.768. The molecular formula is C8H8N2S2. The second-order valence-corrected chi connectivity index (χ2v) is 4.46. The summed E-state index contributed by atoms with van der Waals surface area (Å²) in [6.45, 7) is 0. The van der Waals surface area contributed by atoms with E-state index in [-0.39, 0.29) is 0 Å². The molecule has 0 aliphatic heterocycles. The van der Waals surface area contributed by atoms with Gasteiger partial charge in [-0.2, -0.15) is 0 Å². The van der Waals surface area contributed by atoms with Gasteiger partial charge in [0.2, 0.25) is 0 Å². The Labute approximate surface area is 78.8 Å². The number of para-hydroxylation sites is 1. The van der Waals surface area contributed by atoms with Crippen LogP contribution in [-0.4, -0.2) is 11.2 Å². The number of rotatable bonds is 1. The van der Waals surface area contributed by atoms with E-state index in [4.69, 9.17) is 5.73 Å². The van der Waals surface area contributed by atoms with Crippen LogP contribution in [-0.2, 0) is 0 Å². The number of nitrogens with zero attached hydrogens (tertiary/aromatic N) is 1. The fourth-order valence-corrected chi connectivity index (χ4v) is 2.55. The summed E-state index contributed by atoms with van der Waals surface area (Å²) >= 11 is 3.34. The molecular weight excluding hydrogens is 188 g/mol. The van der Waals surface area contributed by atoms with Gasteiger partial charge in [-0.15, -0.1) is 11.3 Å². The Kier molecular flexibility index (Phi) is 1.94. The molecule has 2 aromatic rings. The van der Waals surface area contributed by atoms with Gasteiger partial charge < -0.3 is 5.73 Å². The maximum atomic E-state index is 5.76. The number of thiazole rings is 1. The summed E-state index contributed by atoms with van der Waals surface area (Å²) in [7, 11) is 0. The zero-order valence-corrected chi connectivity index (χ0v) is 8.21. The van der Waals surface area contributed by atoms with Crippen molar-refractivity contribution in [1.29, 1.82) is 0 Å². The van der Waals surface area contributed by atoms with Gasteiger partial charge in [0.15, 0.2) is 4.34 Å². The molecule has 4 heteroatoms. The number of nitrogens with two attached hydrogens (primary N) is 1. The number of thioether (sulfide) groups is 1. The van der Waals surface area contributed by atoms with E-state index in [1.807, 2.05) is 24.5 Å². The minimum atomic E-state index is 0.768. The molecule has 0 amide bonds. The van der Waals surface area contributed by atoms with Crippen molar-refractivity contribution in [3.8, 4) is 0 Å². The minimum Gasteiger partial charge on any atom is -0.397 e. The highest BCUT2D eigenvalue weighted by Crippen LogP contribution is 2.30. The van der Waals surface area contributed by atoms with Crippen LogP contribution in [0.1, 0.15) is 0 Å². The Balaban J connectivity index is 2.74. The molecule has 2 rings (SSSR count). The fourth-order valence-electron chi connectivity index (χ4n) is 1.04. The van der Waals surface area contributed by atoms with Crippen molar-refractivity contribution >= 4 is 39.0 Å². The highest BCUT2D eigenvalue weighted by atomic mass is 32.2.